The van der Waals surface area contributed by atoms with Gasteiger partial charge in [-0.25, -0.2) is 9.97 Å². The quantitative estimate of drug-likeness (QED) is 0.248. The highest BCUT2D eigenvalue weighted by Gasteiger charge is 2.23. The van der Waals surface area contributed by atoms with E-state index in [4.69, 9.17) is 21.1 Å². The van der Waals surface area contributed by atoms with Crippen LogP contribution in [0.5, 0.6) is 11.5 Å². The lowest BCUT2D eigenvalue weighted by atomic mass is 10.1. The van der Waals surface area contributed by atoms with Crippen LogP contribution in [0.1, 0.15) is 10.4 Å². The Morgan fingerprint density at radius 1 is 1.02 bits per heavy atom. The highest BCUT2D eigenvalue weighted by atomic mass is 35.5. The standard InChI is InChI=1S/C27H29ClN6O5S/c1-33(2)14-13-29-27(35)19-15-17(9-12-24(19)39-4)34(40(36)37)26-25(30-21-7-5-6-8-22(21)32-26)31-23-16-18(38-3)10-11-20(23)28/h5-12,15-16H,13-14H2,1-4H3,(H,29,35)(H,30,31)(H,36,37)/p-1. The maximum Gasteiger partial charge on any atom is 0.255 e. The van der Waals surface area contributed by atoms with E-state index in [1.54, 1.807) is 42.5 Å². The van der Waals surface area contributed by atoms with Gasteiger partial charge in [-0.15, -0.1) is 0 Å². The number of nitrogens with zero attached hydrogens (tertiary/aromatic N) is 4. The Labute approximate surface area is 239 Å². The molecule has 0 radical (unpaired) electrons. The first-order valence-electron chi connectivity index (χ1n) is 12.1. The molecule has 1 heterocycles. The lowest BCUT2D eigenvalue weighted by Gasteiger charge is -2.28. The second kappa shape index (κ2) is 12.9. The van der Waals surface area contributed by atoms with Gasteiger partial charge in [0.25, 0.3) is 5.91 Å². The number of carbonyl (C=O) groups is 1. The average Bonchev–Trinajstić information content (AvgIpc) is 2.94. The molecule has 13 heteroatoms. The minimum Gasteiger partial charge on any atom is -0.755 e. The number of hydrogen-bond acceptors (Lipinski definition) is 9. The van der Waals surface area contributed by atoms with E-state index in [1.807, 2.05) is 19.0 Å². The topological polar surface area (TPSA) is 132 Å². The first-order chi connectivity index (χ1) is 19.2. The second-order valence-corrected chi connectivity index (χ2v) is 10.0. The molecule has 0 spiro atoms. The Balaban J connectivity index is 1.83. The molecule has 0 aliphatic carbocycles. The Bertz CT molecular complexity index is 1550. The zero-order valence-corrected chi connectivity index (χ0v) is 23.9. The van der Waals surface area contributed by atoms with Crippen molar-refractivity contribution in [3.05, 3.63) is 71.2 Å². The van der Waals surface area contributed by atoms with Crippen LogP contribution in [-0.2, 0) is 11.3 Å². The van der Waals surface area contributed by atoms with Crippen LogP contribution >= 0.6 is 11.6 Å². The summed E-state index contributed by atoms with van der Waals surface area (Å²) in [4.78, 5) is 24.2. The number of likely N-dealkylation sites (N-methyl/N-ethyl adjacent to an activating group) is 1. The number of anilines is 4. The number of benzene rings is 3. The molecule has 1 atom stereocenters. The van der Waals surface area contributed by atoms with E-state index in [0.29, 0.717) is 40.6 Å². The van der Waals surface area contributed by atoms with Gasteiger partial charge >= 0.3 is 0 Å². The molecule has 1 aromatic heterocycles. The summed E-state index contributed by atoms with van der Waals surface area (Å²) < 4.78 is 37.1. The predicted molar refractivity (Wildman–Crippen MR) is 156 cm³/mol. The molecule has 4 aromatic rings. The van der Waals surface area contributed by atoms with Crippen LogP contribution in [0.3, 0.4) is 0 Å². The molecule has 1 unspecified atom stereocenters. The van der Waals surface area contributed by atoms with Gasteiger partial charge in [-0.05, 0) is 56.6 Å². The Kier molecular flexibility index (Phi) is 9.38. The third-order valence-corrected chi connectivity index (χ3v) is 6.84. The van der Waals surface area contributed by atoms with Gasteiger partial charge in [-0.2, -0.15) is 0 Å². The van der Waals surface area contributed by atoms with Crippen LogP contribution in [-0.4, -0.2) is 70.9 Å². The lowest BCUT2D eigenvalue weighted by Crippen LogP contribution is -2.31. The van der Waals surface area contributed by atoms with Crippen molar-refractivity contribution in [2.75, 3.05) is 51.0 Å². The van der Waals surface area contributed by atoms with Crippen molar-refractivity contribution in [2.24, 2.45) is 0 Å². The van der Waals surface area contributed by atoms with Gasteiger partial charge in [0.15, 0.2) is 11.6 Å². The number of methoxy groups -OCH3 is 2. The van der Waals surface area contributed by atoms with E-state index < -0.39 is 17.2 Å². The van der Waals surface area contributed by atoms with Gasteiger partial charge in [0.1, 0.15) is 11.5 Å². The fraction of sp³-hybridized carbons (Fsp3) is 0.222. The van der Waals surface area contributed by atoms with Crippen molar-refractivity contribution in [1.82, 2.24) is 20.2 Å². The second-order valence-electron chi connectivity index (χ2n) is 8.81. The zero-order chi connectivity index (χ0) is 28.8. The molecule has 0 aliphatic rings. The SMILES string of the molecule is COc1ccc(Cl)c(Nc2nc3ccccc3nc2N(c2ccc(OC)c(C(=O)NCCN(C)C)c2)S(=O)[O-])c1. The molecule has 0 aliphatic heterocycles. The summed E-state index contributed by atoms with van der Waals surface area (Å²) >= 11 is 3.55. The molecule has 4 rings (SSSR count). The van der Waals surface area contributed by atoms with Crippen molar-refractivity contribution in [2.45, 2.75) is 0 Å². The summed E-state index contributed by atoms with van der Waals surface area (Å²) in [5.41, 5.74) is 1.73. The van der Waals surface area contributed by atoms with E-state index in [9.17, 15) is 13.6 Å². The van der Waals surface area contributed by atoms with Crippen molar-refractivity contribution in [3.8, 4) is 11.5 Å². The minimum absolute atomic E-state index is 0.0324. The molecular formula is C27H28ClN6O5S-. The first-order valence-corrected chi connectivity index (χ1v) is 13.5. The van der Waals surface area contributed by atoms with E-state index in [2.05, 4.69) is 20.6 Å². The Morgan fingerprint density at radius 3 is 2.40 bits per heavy atom. The fourth-order valence-corrected chi connectivity index (χ4v) is 4.56. The number of amides is 1. The Hall–Kier alpha value is -3.97. The maximum atomic E-state index is 13.0. The highest BCUT2D eigenvalue weighted by Crippen LogP contribution is 2.37. The van der Waals surface area contributed by atoms with Gasteiger partial charge in [0.05, 0.1) is 58.5 Å². The monoisotopic (exact) mass is 583 g/mol. The Morgan fingerprint density at radius 2 is 1.75 bits per heavy atom. The summed E-state index contributed by atoms with van der Waals surface area (Å²) in [6.07, 6.45) is 0. The molecule has 1 amide bonds. The third kappa shape index (κ3) is 6.59. The van der Waals surface area contributed by atoms with E-state index in [1.165, 1.54) is 32.4 Å². The highest BCUT2D eigenvalue weighted by molar-refractivity contribution is 7.81. The van der Waals surface area contributed by atoms with E-state index in [0.717, 1.165) is 4.31 Å². The smallest absolute Gasteiger partial charge is 0.255 e. The summed E-state index contributed by atoms with van der Waals surface area (Å²) in [6, 6.07) is 16.5. The summed E-state index contributed by atoms with van der Waals surface area (Å²) in [6.45, 7) is 1.01. The normalized spacial score (nSPS) is 11.8. The van der Waals surface area contributed by atoms with Gasteiger partial charge in [-0.3, -0.25) is 13.3 Å². The number of carbonyl (C=O) groups excluding carboxylic acids is 1. The summed E-state index contributed by atoms with van der Waals surface area (Å²) in [5, 5.41) is 6.29. The number of nitrogens with one attached hydrogen (secondary N) is 2. The van der Waals surface area contributed by atoms with Crippen LogP contribution in [0, 0.1) is 0 Å². The first kappa shape index (κ1) is 29.0. The van der Waals surface area contributed by atoms with Crippen LogP contribution < -0.4 is 24.4 Å². The summed E-state index contributed by atoms with van der Waals surface area (Å²) in [5.74, 6) is 0.490. The molecule has 0 bridgehead atoms. The number of ether oxygens (including phenoxy) is 2. The van der Waals surface area contributed by atoms with Gasteiger partial charge in [0.2, 0.25) is 0 Å². The fourth-order valence-electron chi connectivity index (χ4n) is 3.84. The molecule has 210 valence electrons. The number of aromatic nitrogens is 2. The average molecular weight is 584 g/mol. The number of rotatable bonds is 11. The molecule has 0 saturated heterocycles. The molecule has 11 nitrogen and oxygen atoms in total. The van der Waals surface area contributed by atoms with Crippen molar-refractivity contribution < 1.29 is 23.0 Å². The number of fused-ring (bicyclic) bond motifs is 1. The third-order valence-electron chi connectivity index (χ3n) is 5.83. The van der Waals surface area contributed by atoms with Crippen LogP contribution in [0.15, 0.2) is 60.7 Å². The largest absolute Gasteiger partial charge is 0.755 e. The zero-order valence-electron chi connectivity index (χ0n) is 22.3. The maximum absolute atomic E-state index is 13.0. The molecule has 2 N–H and O–H groups in total. The van der Waals surface area contributed by atoms with E-state index >= 15 is 0 Å². The van der Waals surface area contributed by atoms with Crippen molar-refractivity contribution >= 4 is 62.8 Å². The van der Waals surface area contributed by atoms with Crippen molar-refractivity contribution in [1.29, 1.82) is 0 Å². The number of halogens is 1. The molecule has 0 fully saturated rings. The van der Waals surface area contributed by atoms with Crippen LogP contribution in [0.2, 0.25) is 5.02 Å². The van der Waals surface area contributed by atoms with Gasteiger partial charge < -0.3 is 29.6 Å². The molecular weight excluding hydrogens is 556 g/mol. The summed E-state index contributed by atoms with van der Waals surface area (Å²) in [7, 11) is 6.74. The van der Waals surface area contributed by atoms with Gasteiger partial charge in [-0.1, -0.05) is 23.7 Å². The van der Waals surface area contributed by atoms with Crippen LogP contribution in [0.4, 0.5) is 23.0 Å². The predicted octanol–water partition coefficient (Wildman–Crippen LogP) is 4.27. The molecule has 40 heavy (non-hydrogen) atoms. The lowest BCUT2D eigenvalue weighted by molar-refractivity contribution is 0.0948. The number of hydrogen-bond donors (Lipinski definition) is 2. The van der Waals surface area contributed by atoms with Crippen LogP contribution in [0.25, 0.3) is 11.0 Å². The number of para-hydroxylation sites is 2. The van der Waals surface area contributed by atoms with Crippen molar-refractivity contribution in [3.63, 3.8) is 0 Å². The molecule has 3 aromatic carbocycles. The minimum atomic E-state index is -2.87. The van der Waals surface area contributed by atoms with E-state index in [-0.39, 0.29) is 28.6 Å². The molecule has 0 saturated carbocycles. The van der Waals surface area contributed by atoms with Gasteiger partial charge in [0, 0.05) is 19.2 Å².